The Balaban J connectivity index is 4.14. The summed E-state index contributed by atoms with van der Waals surface area (Å²) in [5.74, 6) is -1.70. The summed E-state index contributed by atoms with van der Waals surface area (Å²) in [6, 6.07) is -0.688. The van der Waals surface area contributed by atoms with E-state index in [-0.39, 0.29) is 5.92 Å². The van der Waals surface area contributed by atoms with Crippen LogP contribution >= 0.6 is 0 Å². The number of carbonyl (C=O) groups is 3. The molecular formula is C8H14N2O4. The van der Waals surface area contributed by atoms with Crippen LogP contribution < -0.4 is 10.6 Å². The van der Waals surface area contributed by atoms with E-state index >= 15 is 0 Å². The van der Waals surface area contributed by atoms with Crippen LogP contribution in [-0.2, 0) is 14.4 Å². The highest BCUT2D eigenvalue weighted by atomic mass is 16.4. The normalized spacial score (nSPS) is 11.9. The number of carbonyl (C=O) groups excluding carboxylic acids is 2. The minimum Gasteiger partial charge on any atom is -0.480 e. The molecule has 0 aliphatic heterocycles. The van der Waals surface area contributed by atoms with Gasteiger partial charge in [0.05, 0.1) is 0 Å². The van der Waals surface area contributed by atoms with Gasteiger partial charge in [0.2, 0.25) is 12.3 Å². The molecule has 6 heteroatoms. The van der Waals surface area contributed by atoms with Gasteiger partial charge in [0.25, 0.3) is 0 Å². The molecule has 0 saturated carbocycles. The summed E-state index contributed by atoms with van der Waals surface area (Å²) in [4.78, 5) is 31.6. The van der Waals surface area contributed by atoms with Crippen molar-refractivity contribution >= 4 is 18.3 Å². The van der Waals surface area contributed by atoms with Crippen LogP contribution in [0.5, 0.6) is 0 Å². The zero-order valence-corrected chi connectivity index (χ0v) is 8.11. The highest BCUT2D eigenvalue weighted by molar-refractivity contribution is 5.86. The quantitative estimate of drug-likeness (QED) is 0.479. The Morgan fingerprint density at radius 2 is 2.00 bits per heavy atom. The second-order valence-corrected chi connectivity index (χ2v) is 3.12. The average molecular weight is 202 g/mol. The number of carboxylic acid groups (broad SMARTS) is 1. The number of carboxylic acids is 1. The molecular weight excluding hydrogens is 188 g/mol. The van der Waals surface area contributed by atoms with Crippen LogP contribution in [-0.4, -0.2) is 36.0 Å². The monoisotopic (exact) mass is 202 g/mol. The fourth-order valence-electron chi connectivity index (χ4n) is 0.917. The maximum Gasteiger partial charge on any atom is 0.322 e. The van der Waals surface area contributed by atoms with Crippen molar-refractivity contribution in [1.29, 1.82) is 0 Å². The summed E-state index contributed by atoms with van der Waals surface area (Å²) in [6.07, 6.45) is 0.422. The number of aliphatic carboxylic acids is 1. The number of rotatable bonds is 6. The third-order valence-electron chi connectivity index (χ3n) is 1.61. The second-order valence-electron chi connectivity index (χ2n) is 3.12. The van der Waals surface area contributed by atoms with Crippen molar-refractivity contribution in [3.05, 3.63) is 0 Å². The van der Waals surface area contributed by atoms with E-state index in [4.69, 9.17) is 5.11 Å². The molecule has 0 aromatic carbocycles. The van der Waals surface area contributed by atoms with E-state index in [9.17, 15) is 14.4 Å². The van der Waals surface area contributed by atoms with Gasteiger partial charge >= 0.3 is 5.97 Å². The first kappa shape index (κ1) is 12.4. The smallest absolute Gasteiger partial charge is 0.322 e. The molecule has 80 valence electrons. The minimum absolute atomic E-state index is 0.0889. The molecule has 0 unspecified atom stereocenters. The summed E-state index contributed by atoms with van der Waals surface area (Å²) >= 11 is 0. The number of hydrogen-bond donors (Lipinski definition) is 3. The molecule has 0 heterocycles. The van der Waals surface area contributed by atoms with Crippen molar-refractivity contribution < 1.29 is 19.5 Å². The van der Waals surface area contributed by atoms with Gasteiger partial charge in [0.1, 0.15) is 12.6 Å². The third-order valence-corrected chi connectivity index (χ3v) is 1.61. The Kier molecular flexibility index (Phi) is 5.28. The molecule has 0 fully saturated rings. The number of nitrogens with one attached hydrogen (secondary N) is 2. The highest BCUT2D eigenvalue weighted by Crippen LogP contribution is 2.00. The summed E-state index contributed by atoms with van der Waals surface area (Å²) in [7, 11) is 0. The minimum atomic E-state index is -1.12. The van der Waals surface area contributed by atoms with Crippen molar-refractivity contribution in [2.24, 2.45) is 5.92 Å². The van der Waals surface area contributed by atoms with Crippen molar-refractivity contribution in [3.63, 3.8) is 0 Å². The molecule has 0 aromatic rings. The molecule has 0 rings (SSSR count). The molecule has 2 amide bonds. The molecule has 0 saturated heterocycles. The molecule has 3 N–H and O–H groups in total. The van der Waals surface area contributed by atoms with E-state index in [1.165, 1.54) is 0 Å². The Labute approximate surface area is 81.7 Å². The summed E-state index contributed by atoms with van der Waals surface area (Å²) in [6.45, 7) is 3.06. The molecule has 0 spiro atoms. The van der Waals surface area contributed by atoms with Gasteiger partial charge in [-0.25, -0.2) is 0 Å². The molecule has 6 nitrogen and oxygen atoms in total. The molecule has 1 atom stereocenters. The lowest BCUT2D eigenvalue weighted by atomic mass is 10.0. The standard InChI is InChI=1S/C8H14N2O4/c1-5(2)7(10-4-11)8(14)9-3-6(12)13/h4-5,7H,3H2,1-2H3,(H,9,14)(H,10,11)(H,12,13)/t7-/m0/s1. The lowest BCUT2D eigenvalue weighted by Crippen LogP contribution is -2.48. The lowest BCUT2D eigenvalue weighted by Gasteiger charge is -2.18. The predicted octanol–water partition coefficient (Wildman–Crippen LogP) is -1.04. The first-order valence-electron chi connectivity index (χ1n) is 4.18. The van der Waals surface area contributed by atoms with Gasteiger partial charge in [-0.2, -0.15) is 0 Å². The predicted molar refractivity (Wildman–Crippen MR) is 48.5 cm³/mol. The summed E-state index contributed by atoms with van der Waals surface area (Å²) < 4.78 is 0. The van der Waals surface area contributed by atoms with Crippen LogP contribution in [0.1, 0.15) is 13.8 Å². The van der Waals surface area contributed by atoms with Gasteiger partial charge < -0.3 is 15.7 Å². The zero-order valence-electron chi connectivity index (χ0n) is 8.11. The average Bonchev–Trinajstić information content (AvgIpc) is 2.09. The Morgan fingerprint density at radius 1 is 1.43 bits per heavy atom. The van der Waals surface area contributed by atoms with Crippen molar-refractivity contribution in [3.8, 4) is 0 Å². The fraction of sp³-hybridized carbons (Fsp3) is 0.625. The van der Waals surface area contributed by atoms with Crippen LogP contribution in [0.15, 0.2) is 0 Å². The molecule has 0 aliphatic rings. The first-order valence-corrected chi connectivity index (χ1v) is 4.18. The van der Waals surface area contributed by atoms with Gasteiger partial charge in [-0.05, 0) is 5.92 Å². The molecule has 14 heavy (non-hydrogen) atoms. The second kappa shape index (κ2) is 5.95. The van der Waals surface area contributed by atoms with Gasteiger partial charge in [-0.3, -0.25) is 14.4 Å². The fourth-order valence-corrected chi connectivity index (χ4v) is 0.917. The summed E-state index contributed by atoms with van der Waals surface area (Å²) in [5.41, 5.74) is 0. The summed E-state index contributed by atoms with van der Waals surface area (Å²) in [5, 5.41) is 12.8. The van der Waals surface area contributed by atoms with E-state index in [0.717, 1.165) is 0 Å². The van der Waals surface area contributed by atoms with Crippen molar-refractivity contribution in [2.45, 2.75) is 19.9 Å². The zero-order chi connectivity index (χ0) is 11.1. The van der Waals surface area contributed by atoms with Crippen LogP contribution in [0.25, 0.3) is 0 Å². The van der Waals surface area contributed by atoms with Crippen LogP contribution in [0, 0.1) is 5.92 Å². The Morgan fingerprint density at radius 3 is 2.36 bits per heavy atom. The third kappa shape index (κ3) is 4.44. The van der Waals surface area contributed by atoms with Gasteiger partial charge in [0.15, 0.2) is 0 Å². The van der Waals surface area contributed by atoms with Crippen molar-refractivity contribution in [2.75, 3.05) is 6.54 Å². The number of hydrogen-bond acceptors (Lipinski definition) is 3. The first-order chi connectivity index (χ1) is 6.49. The van der Waals surface area contributed by atoms with E-state index in [2.05, 4.69) is 10.6 Å². The molecule has 0 radical (unpaired) electrons. The van der Waals surface area contributed by atoms with Gasteiger partial charge in [-0.15, -0.1) is 0 Å². The van der Waals surface area contributed by atoms with Gasteiger partial charge in [0, 0.05) is 0 Å². The highest BCUT2D eigenvalue weighted by Gasteiger charge is 2.21. The Bertz CT molecular complexity index is 227. The number of amides is 2. The topological polar surface area (TPSA) is 95.5 Å². The van der Waals surface area contributed by atoms with Crippen LogP contribution in [0.3, 0.4) is 0 Å². The molecule has 0 aliphatic carbocycles. The molecule has 0 aromatic heterocycles. The maximum atomic E-state index is 11.3. The lowest BCUT2D eigenvalue weighted by molar-refractivity contribution is -0.138. The van der Waals surface area contributed by atoms with E-state index in [1.54, 1.807) is 13.8 Å². The van der Waals surface area contributed by atoms with E-state index in [0.29, 0.717) is 6.41 Å². The van der Waals surface area contributed by atoms with E-state index in [1.807, 2.05) is 0 Å². The van der Waals surface area contributed by atoms with Crippen LogP contribution in [0.4, 0.5) is 0 Å². The van der Waals surface area contributed by atoms with Crippen molar-refractivity contribution in [1.82, 2.24) is 10.6 Å². The Hall–Kier alpha value is -1.59. The SMILES string of the molecule is CC(C)[C@H](NC=O)C(=O)NCC(=O)O. The van der Waals surface area contributed by atoms with Gasteiger partial charge in [-0.1, -0.05) is 13.8 Å². The maximum absolute atomic E-state index is 11.3. The molecule has 0 bridgehead atoms. The largest absolute Gasteiger partial charge is 0.480 e. The van der Waals surface area contributed by atoms with E-state index < -0.39 is 24.5 Å². The van der Waals surface area contributed by atoms with Crippen LogP contribution in [0.2, 0.25) is 0 Å².